The third kappa shape index (κ3) is 4.43. The fourth-order valence-corrected chi connectivity index (χ4v) is 1.69. The van der Waals surface area contributed by atoms with Gasteiger partial charge in [-0.1, -0.05) is 18.2 Å². The van der Waals surface area contributed by atoms with Crippen molar-refractivity contribution in [3.8, 4) is 0 Å². The Bertz CT molecular complexity index is 143. The summed E-state index contributed by atoms with van der Waals surface area (Å²) < 4.78 is 15.1. The molecule has 1 fully saturated rings. The minimum atomic E-state index is -0.961. The van der Waals surface area contributed by atoms with E-state index >= 15 is 0 Å². The van der Waals surface area contributed by atoms with Crippen molar-refractivity contribution < 1.29 is 4.55 Å². The summed E-state index contributed by atoms with van der Waals surface area (Å²) in [7, 11) is 0. The van der Waals surface area contributed by atoms with E-state index in [0.29, 0.717) is 17.6 Å². The third-order valence-electron chi connectivity index (χ3n) is 1.49. The summed E-state index contributed by atoms with van der Waals surface area (Å²) in [4.78, 5) is 0. The molecule has 0 aromatic carbocycles. The Labute approximate surface area is 71.4 Å². The minimum absolute atomic E-state index is 0.479. The van der Waals surface area contributed by atoms with E-state index in [9.17, 15) is 4.55 Å². The summed E-state index contributed by atoms with van der Waals surface area (Å²) >= 11 is -0.961. The highest BCUT2D eigenvalue weighted by atomic mass is 32.2. The topological polar surface area (TPSA) is 35.4 Å². The summed E-state index contributed by atoms with van der Waals surface area (Å²) in [6, 6.07) is 0. The molecule has 0 amide bonds. The third-order valence-corrected chi connectivity index (χ3v) is 2.80. The van der Waals surface area contributed by atoms with E-state index in [1.165, 1.54) is 12.8 Å². The molecule has 1 saturated carbocycles. The zero-order valence-corrected chi connectivity index (χ0v) is 7.93. The highest BCUT2D eigenvalue weighted by Crippen LogP contribution is 2.26. The number of hydrogen-bond donors (Lipinski definition) is 0. The van der Waals surface area contributed by atoms with Gasteiger partial charge in [-0.3, -0.25) is 0 Å². The lowest BCUT2D eigenvalue weighted by Crippen LogP contribution is -2.08. The summed E-state index contributed by atoms with van der Waals surface area (Å²) in [5, 5.41) is 0. The van der Waals surface area contributed by atoms with E-state index in [2.05, 4.69) is 18.2 Å². The van der Waals surface area contributed by atoms with Crippen LogP contribution in [0, 0.1) is 11.8 Å². The van der Waals surface area contributed by atoms with E-state index in [0.717, 1.165) is 0 Å². The molecule has 0 heterocycles. The van der Waals surface area contributed by atoms with Crippen LogP contribution in [0.3, 0.4) is 0 Å². The standard InChI is InChI=1S/C8H15NOS/c1-7(2)6-11(10)9-5-8-3-4-8/h5,7-8H,3-4,6H2,1-2H3/b9-5+/t11-/m0/s1. The van der Waals surface area contributed by atoms with E-state index < -0.39 is 11.4 Å². The Morgan fingerprint density at radius 2 is 2.27 bits per heavy atom. The first-order valence-electron chi connectivity index (χ1n) is 4.11. The lowest BCUT2D eigenvalue weighted by molar-refractivity contribution is 0.583. The summed E-state index contributed by atoms with van der Waals surface area (Å²) in [6.07, 6.45) is 4.34. The second-order valence-corrected chi connectivity index (χ2v) is 4.66. The van der Waals surface area contributed by atoms with Crippen molar-refractivity contribution in [2.75, 3.05) is 5.75 Å². The molecule has 1 atom stereocenters. The van der Waals surface area contributed by atoms with E-state index in [1.54, 1.807) is 0 Å². The van der Waals surface area contributed by atoms with Crippen molar-refractivity contribution in [2.24, 2.45) is 16.2 Å². The number of hydrogen-bond acceptors (Lipinski definition) is 2. The van der Waals surface area contributed by atoms with Crippen LogP contribution in [0.4, 0.5) is 0 Å². The molecular formula is C8H15NOS. The zero-order chi connectivity index (χ0) is 8.27. The molecule has 11 heavy (non-hydrogen) atoms. The van der Waals surface area contributed by atoms with Crippen LogP contribution in [0.5, 0.6) is 0 Å². The lowest BCUT2D eigenvalue weighted by atomic mass is 10.3. The number of nitrogens with zero attached hydrogens (tertiary/aromatic N) is 1. The monoisotopic (exact) mass is 173 g/mol. The molecule has 0 radical (unpaired) electrons. The average Bonchev–Trinajstić information content (AvgIpc) is 2.63. The Kier molecular flexibility index (Phi) is 3.40. The van der Waals surface area contributed by atoms with Crippen LogP contribution >= 0.6 is 0 Å². The van der Waals surface area contributed by atoms with Gasteiger partial charge in [0, 0.05) is 5.92 Å². The SMILES string of the molecule is CC(C)C[S@+]([O-])/N=C/C1CC1. The van der Waals surface area contributed by atoms with Crippen LogP contribution in [-0.2, 0) is 11.4 Å². The Morgan fingerprint density at radius 3 is 2.73 bits per heavy atom. The van der Waals surface area contributed by atoms with Gasteiger partial charge in [-0.15, -0.1) is 0 Å². The second-order valence-electron chi connectivity index (χ2n) is 3.47. The molecule has 0 aliphatic heterocycles. The van der Waals surface area contributed by atoms with Gasteiger partial charge in [0.2, 0.25) is 0 Å². The van der Waals surface area contributed by atoms with Crippen molar-refractivity contribution in [3.63, 3.8) is 0 Å². The largest absolute Gasteiger partial charge is 0.591 e. The predicted molar refractivity (Wildman–Crippen MR) is 49.1 cm³/mol. The van der Waals surface area contributed by atoms with Crippen LogP contribution in [0.15, 0.2) is 4.40 Å². The highest BCUT2D eigenvalue weighted by molar-refractivity contribution is 7.90. The van der Waals surface area contributed by atoms with Crippen LogP contribution in [0.1, 0.15) is 26.7 Å². The maximum Gasteiger partial charge on any atom is 0.135 e. The smallest absolute Gasteiger partial charge is 0.135 e. The molecule has 1 rings (SSSR count). The molecule has 1 aliphatic rings. The van der Waals surface area contributed by atoms with Crippen LogP contribution in [-0.4, -0.2) is 16.5 Å². The molecule has 0 saturated heterocycles. The molecule has 1 aliphatic carbocycles. The fourth-order valence-electron chi connectivity index (χ4n) is 0.727. The van der Waals surface area contributed by atoms with Crippen molar-refractivity contribution in [1.29, 1.82) is 0 Å². The van der Waals surface area contributed by atoms with E-state index in [1.807, 2.05) is 6.21 Å². The first kappa shape index (κ1) is 9.07. The Hall–Kier alpha value is -0.0200. The summed E-state index contributed by atoms with van der Waals surface area (Å²) in [5.41, 5.74) is 0. The molecule has 0 bridgehead atoms. The normalized spacial score (nSPS) is 21.5. The quantitative estimate of drug-likeness (QED) is 0.471. The van der Waals surface area contributed by atoms with Gasteiger partial charge in [-0.25, -0.2) is 0 Å². The van der Waals surface area contributed by atoms with Gasteiger partial charge in [-0.2, -0.15) is 0 Å². The van der Waals surface area contributed by atoms with Crippen molar-refractivity contribution >= 4 is 17.6 Å². The molecular weight excluding hydrogens is 158 g/mol. The molecule has 2 nitrogen and oxygen atoms in total. The summed E-state index contributed by atoms with van der Waals surface area (Å²) in [5.74, 6) is 1.82. The van der Waals surface area contributed by atoms with Gasteiger partial charge >= 0.3 is 0 Å². The van der Waals surface area contributed by atoms with E-state index in [4.69, 9.17) is 0 Å². The van der Waals surface area contributed by atoms with Gasteiger partial charge in [0.15, 0.2) is 0 Å². The zero-order valence-electron chi connectivity index (χ0n) is 7.12. The molecule has 0 N–H and O–H groups in total. The fraction of sp³-hybridized carbons (Fsp3) is 0.875. The average molecular weight is 173 g/mol. The van der Waals surface area contributed by atoms with Crippen molar-refractivity contribution in [1.82, 2.24) is 0 Å². The number of rotatable bonds is 4. The molecule has 0 aromatic rings. The van der Waals surface area contributed by atoms with Crippen LogP contribution < -0.4 is 0 Å². The molecule has 64 valence electrons. The van der Waals surface area contributed by atoms with Crippen molar-refractivity contribution in [3.05, 3.63) is 0 Å². The minimum Gasteiger partial charge on any atom is -0.591 e. The maximum atomic E-state index is 11.1. The van der Waals surface area contributed by atoms with Crippen molar-refractivity contribution in [2.45, 2.75) is 26.7 Å². The first-order valence-corrected chi connectivity index (χ1v) is 5.38. The molecule has 3 heteroatoms. The predicted octanol–water partition coefficient (Wildman–Crippen LogP) is 1.79. The molecule has 0 unspecified atom stereocenters. The van der Waals surface area contributed by atoms with Gasteiger partial charge < -0.3 is 4.55 Å². The molecule has 0 spiro atoms. The van der Waals surface area contributed by atoms with E-state index in [-0.39, 0.29) is 0 Å². The lowest BCUT2D eigenvalue weighted by Gasteiger charge is -2.04. The van der Waals surface area contributed by atoms with Gasteiger partial charge in [0.1, 0.15) is 5.75 Å². The summed E-state index contributed by atoms with van der Waals surface area (Å²) in [6.45, 7) is 4.12. The van der Waals surface area contributed by atoms with Crippen LogP contribution in [0.25, 0.3) is 0 Å². The maximum absolute atomic E-state index is 11.1. The Balaban J connectivity index is 2.13. The van der Waals surface area contributed by atoms with Gasteiger partial charge in [0.25, 0.3) is 0 Å². The first-order chi connectivity index (χ1) is 5.18. The van der Waals surface area contributed by atoms with Crippen LogP contribution in [0.2, 0.25) is 0 Å². The van der Waals surface area contributed by atoms with Gasteiger partial charge in [0.05, 0.1) is 17.6 Å². The molecule has 0 aromatic heterocycles. The highest BCUT2D eigenvalue weighted by Gasteiger charge is 2.20. The van der Waals surface area contributed by atoms with Gasteiger partial charge in [-0.05, 0) is 18.8 Å². The Morgan fingerprint density at radius 1 is 1.64 bits per heavy atom. The second kappa shape index (κ2) is 4.12.